The van der Waals surface area contributed by atoms with E-state index >= 15 is 0 Å². The number of aromatic nitrogens is 2. The van der Waals surface area contributed by atoms with Gasteiger partial charge in [-0.2, -0.15) is 0 Å². The lowest BCUT2D eigenvalue weighted by molar-refractivity contribution is 0.0952. The Morgan fingerprint density at radius 3 is 2.69 bits per heavy atom. The van der Waals surface area contributed by atoms with Crippen molar-refractivity contribution in [2.45, 2.75) is 16.2 Å². The van der Waals surface area contributed by atoms with Gasteiger partial charge in [-0.15, -0.1) is 0 Å². The Balaban J connectivity index is 1.22. The monoisotopic (exact) mass is 440 g/mol. The van der Waals surface area contributed by atoms with Crippen molar-refractivity contribution in [2.24, 2.45) is 0 Å². The van der Waals surface area contributed by atoms with Gasteiger partial charge in [0, 0.05) is 40.0 Å². The molecule has 2 N–H and O–H groups in total. The van der Waals surface area contributed by atoms with Crippen LogP contribution < -0.4 is 10.6 Å². The minimum Gasteiger partial charge on any atom is -0.352 e. The predicted octanol–water partition coefficient (Wildman–Crippen LogP) is 4.56. The molecule has 158 valence electrons. The number of anilines is 1. The maximum atomic E-state index is 12.7. The van der Waals surface area contributed by atoms with Crippen molar-refractivity contribution in [3.63, 3.8) is 0 Å². The Morgan fingerprint density at radius 2 is 1.88 bits per heavy atom. The van der Waals surface area contributed by atoms with Crippen molar-refractivity contribution in [3.05, 3.63) is 102 Å². The van der Waals surface area contributed by atoms with E-state index in [9.17, 15) is 9.59 Å². The molecule has 0 atom stereocenters. The van der Waals surface area contributed by atoms with E-state index in [-0.39, 0.29) is 11.8 Å². The summed E-state index contributed by atoms with van der Waals surface area (Å²) in [5.74, 6) is -0.326. The highest BCUT2D eigenvalue weighted by Crippen LogP contribution is 2.38. The maximum Gasteiger partial charge on any atom is 0.256 e. The summed E-state index contributed by atoms with van der Waals surface area (Å²) >= 11 is 1.52. The van der Waals surface area contributed by atoms with Crippen molar-refractivity contribution in [3.8, 4) is 5.69 Å². The van der Waals surface area contributed by atoms with E-state index in [4.69, 9.17) is 0 Å². The molecule has 0 spiro atoms. The molecule has 0 saturated carbocycles. The van der Waals surface area contributed by atoms with Crippen LogP contribution in [0.5, 0.6) is 0 Å². The van der Waals surface area contributed by atoms with Crippen LogP contribution in [0.3, 0.4) is 0 Å². The Labute approximate surface area is 189 Å². The van der Waals surface area contributed by atoms with Crippen LogP contribution in [0, 0.1) is 0 Å². The summed E-state index contributed by atoms with van der Waals surface area (Å²) in [6.45, 7) is 0.521. The number of nitrogens with one attached hydrogen (secondary N) is 2. The van der Waals surface area contributed by atoms with Crippen LogP contribution in [0.25, 0.3) is 5.69 Å². The molecular weight excluding hydrogens is 420 g/mol. The summed E-state index contributed by atoms with van der Waals surface area (Å²) in [5, 5.41) is 5.89. The number of imidazole rings is 1. The fourth-order valence-electron chi connectivity index (χ4n) is 3.58. The first kappa shape index (κ1) is 20.1. The van der Waals surface area contributed by atoms with Gasteiger partial charge in [0.1, 0.15) is 0 Å². The number of fused-ring (bicyclic) bond motifs is 2. The second-order valence-electron chi connectivity index (χ2n) is 7.41. The molecule has 0 fully saturated rings. The number of rotatable bonds is 5. The number of hydrogen-bond donors (Lipinski definition) is 2. The van der Waals surface area contributed by atoms with Crippen LogP contribution in [-0.4, -0.2) is 27.9 Å². The maximum absolute atomic E-state index is 12.7. The van der Waals surface area contributed by atoms with Crippen LogP contribution >= 0.6 is 11.8 Å². The number of hydrogen-bond acceptors (Lipinski definition) is 4. The highest BCUT2D eigenvalue weighted by Gasteiger charge is 2.20. The molecule has 1 aliphatic rings. The van der Waals surface area contributed by atoms with Crippen LogP contribution in [-0.2, 0) is 6.42 Å². The molecular formula is C25H20N4O2S. The molecule has 0 saturated heterocycles. The normalized spacial score (nSPS) is 12.3. The summed E-state index contributed by atoms with van der Waals surface area (Å²) < 4.78 is 1.94. The molecule has 0 aliphatic carbocycles. The van der Waals surface area contributed by atoms with E-state index in [1.807, 2.05) is 59.3 Å². The third kappa shape index (κ3) is 4.15. The Hall–Kier alpha value is -3.84. The molecule has 7 heteroatoms. The van der Waals surface area contributed by atoms with Gasteiger partial charge >= 0.3 is 0 Å². The van der Waals surface area contributed by atoms with Crippen LogP contribution in [0.1, 0.15) is 26.3 Å². The summed E-state index contributed by atoms with van der Waals surface area (Å²) in [5.41, 5.74) is 3.99. The molecule has 0 radical (unpaired) electrons. The molecule has 3 aromatic carbocycles. The van der Waals surface area contributed by atoms with Gasteiger partial charge in [0.05, 0.1) is 17.6 Å². The van der Waals surface area contributed by atoms with Crippen molar-refractivity contribution in [2.75, 3.05) is 11.9 Å². The fraction of sp³-hybridized carbons (Fsp3) is 0.0800. The van der Waals surface area contributed by atoms with E-state index in [0.29, 0.717) is 23.4 Å². The summed E-state index contributed by atoms with van der Waals surface area (Å²) in [4.78, 5) is 31.1. The van der Waals surface area contributed by atoms with E-state index in [1.54, 1.807) is 30.7 Å². The highest BCUT2D eigenvalue weighted by molar-refractivity contribution is 7.99. The molecule has 6 nitrogen and oxygen atoms in total. The Bertz CT molecular complexity index is 1280. The molecule has 5 rings (SSSR count). The zero-order chi connectivity index (χ0) is 21.9. The third-order valence-corrected chi connectivity index (χ3v) is 6.43. The number of carbonyl (C=O) groups excluding carboxylic acids is 2. The SMILES string of the molecule is O=C(NCCc1ccc(-n2ccnc2)cc1)c1ccc2c(c1)NC(=O)c1ccccc1S2. The lowest BCUT2D eigenvalue weighted by Crippen LogP contribution is -2.25. The molecule has 0 unspecified atom stereocenters. The van der Waals surface area contributed by atoms with E-state index in [0.717, 1.165) is 27.5 Å². The zero-order valence-electron chi connectivity index (χ0n) is 17.1. The molecule has 1 aliphatic heterocycles. The average Bonchev–Trinajstić information content (AvgIpc) is 3.31. The second-order valence-corrected chi connectivity index (χ2v) is 8.49. The van der Waals surface area contributed by atoms with E-state index < -0.39 is 0 Å². The quantitative estimate of drug-likeness (QED) is 0.477. The van der Waals surface area contributed by atoms with Gasteiger partial charge in [-0.25, -0.2) is 4.98 Å². The first-order valence-electron chi connectivity index (χ1n) is 10.3. The second kappa shape index (κ2) is 8.72. The van der Waals surface area contributed by atoms with Gasteiger partial charge in [0.15, 0.2) is 0 Å². The van der Waals surface area contributed by atoms with Gasteiger partial charge in [-0.1, -0.05) is 36.0 Å². The summed E-state index contributed by atoms with van der Waals surface area (Å²) in [6.07, 6.45) is 6.13. The Morgan fingerprint density at radius 1 is 1.03 bits per heavy atom. The van der Waals surface area contributed by atoms with Crippen molar-refractivity contribution < 1.29 is 9.59 Å². The minimum atomic E-state index is -0.163. The number of amides is 2. The fourth-order valence-corrected chi connectivity index (χ4v) is 4.59. The van der Waals surface area contributed by atoms with Crippen LogP contribution in [0.4, 0.5) is 5.69 Å². The van der Waals surface area contributed by atoms with Gasteiger partial charge in [-0.05, 0) is 54.4 Å². The van der Waals surface area contributed by atoms with Crippen LogP contribution in [0.2, 0.25) is 0 Å². The third-order valence-electron chi connectivity index (χ3n) is 5.28. The molecule has 1 aromatic heterocycles. The Kier molecular flexibility index (Phi) is 5.47. The molecule has 2 heterocycles. The van der Waals surface area contributed by atoms with E-state index in [2.05, 4.69) is 15.6 Å². The average molecular weight is 441 g/mol. The van der Waals surface area contributed by atoms with E-state index in [1.165, 1.54) is 11.8 Å². The van der Waals surface area contributed by atoms with Gasteiger partial charge < -0.3 is 15.2 Å². The van der Waals surface area contributed by atoms with Gasteiger partial charge in [-0.3, -0.25) is 9.59 Å². The lowest BCUT2D eigenvalue weighted by Gasteiger charge is -2.10. The number of carbonyl (C=O) groups is 2. The predicted molar refractivity (Wildman–Crippen MR) is 125 cm³/mol. The zero-order valence-corrected chi connectivity index (χ0v) is 17.9. The summed E-state index contributed by atoms with van der Waals surface area (Å²) in [7, 11) is 0. The molecule has 2 amide bonds. The molecule has 0 bridgehead atoms. The number of benzene rings is 3. The highest BCUT2D eigenvalue weighted by atomic mass is 32.2. The summed E-state index contributed by atoms with van der Waals surface area (Å²) in [6, 6.07) is 21.1. The minimum absolute atomic E-state index is 0.163. The smallest absolute Gasteiger partial charge is 0.256 e. The largest absolute Gasteiger partial charge is 0.352 e. The van der Waals surface area contributed by atoms with Crippen molar-refractivity contribution in [1.82, 2.24) is 14.9 Å². The standard InChI is InChI=1S/C25H20N4O2S/c30-24(27-12-11-17-5-8-19(9-6-17)29-14-13-26-16-29)18-7-10-23-21(15-18)28-25(31)20-3-1-2-4-22(20)32-23/h1-10,13-16H,11-12H2,(H,27,30)(H,28,31). The van der Waals surface area contributed by atoms with Gasteiger partial charge in [0.2, 0.25) is 0 Å². The number of nitrogens with zero attached hydrogens (tertiary/aromatic N) is 2. The topological polar surface area (TPSA) is 76.0 Å². The first-order chi connectivity index (χ1) is 15.7. The van der Waals surface area contributed by atoms with Crippen LogP contribution in [0.15, 0.2) is 95.2 Å². The van der Waals surface area contributed by atoms with Crippen molar-refractivity contribution in [1.29, 1.82) is 0 Å². The molecule has 4 aromatic rings. The first-order valence-corrected chi connectivity index (χ1v) is 11.1. The van der Waals surface area contributed by atoms with Crippen molar-refractivity contribution >= 4 is 29.3 Å². The molecule has 32 heavy (non-hydrogen) atoms. The van der Waals surface area contributed by atoms with Gasteiger partial charge in [0.25, 0.3) is 11.8 Å². The lowest BCUT2D eigenvalue weighted by atomic mass is 10.1.